The Kier molecular flexibility index (Phi) is 5.06. The molecule has 1 heterocycles. The van der Waals surface area contributed by atoms with Crippen molar-refractivity contribution in [3.63, 3.8) is 0 Å². The highest BCUT2D eigenvalue weighted by Crippen LogP contribution is 2.19. The Bertz CT molecular complexity index is 1020. The summed E-state index contributed by atoms with van der Waals surface area (Å²) < 4.78 is 26.3. The van der Waals surface area contributed by atoms with Gasteiger partial charge in [-0.15, -0.1) is 0 Å². The van der Waals surface area contributed by atoms with Crippen molar-refractivity contribution in [1.82, 2.24) is 14.5 Å². The highest BCUT2D eigenvalue weighted by molar-refractivity contribution is 7.89. The van der Waals surface area contributed by atoms with E-state index in [0.717, 1.165) is 10.9 Å². The maximum Gasteiger partial charge on any atom is 0.255 e. The summed E-state index contributed by atoms with van der Waals surface area (Å²) in [6.45, 7) is 4.38. The van der Waals surface area contributed by atoms with Crippen LogP contribution in [-0.2, 0) is 10.0 Å². The van der Waals surface area contributed by atoms with E-state index in [-0.39, 0.29) is 10.8 Å². The molecular formula is C18H20N4O3S. The van der Waals surface area contributed by atoms with Gasteiger partial charge in [0.05, 0.1) is 16.6 Å². The average molecular weight is 372 g/mol. The summed E-state index contributed by atoms with van der Waals surface area (Å²) in [6, 6.07) is 11.4. The normalized spacial score (nSPS) is 11.8. The topological polar surface area (TPSA) is 95.2 Å². The number of hydrogen-bond donors (Lipinski definition) is 2. The molecule has 26 heavy (non-hydrogen) atoms. The molecule has 1 aromatic heterocycles. The van der Waals surface area contributed by atoms with E-state index >= 15 is 0 Å². The first kappa shape index (κ1) is 18.1. The summed E-state index contributed by atoms with van der Waals surface area (Å²) in [5.41, 5.74) is 1.91. The van der Waals surface area contributed by atoms with Gasteiger partial charge < -0.3 is 5.32 Å². The van der Waals surface area contributed by atoms with Crippen LogP contribution in [0.15, 0.2) is 53.6 Å². The van der Waals surface area contributed by atoms with Crippen LogP contribution < -0.4 is 5.32 Å². The van der Waals surface area contributed by atoms with E-state index in [1.165, 1.54) is 28.6 Å². The van der Waals surface area contributed by atoms with E-state index in [1.807, 2.05) is 12.1 Å². The molecule has 2 aromatic carbocycles. The van der Waals surface area contributed by atoms with Gasteiger partial charge >= 0.3 is 0 Å². The number of amides is 1. The quantitative estimate of drug-likeness (QED) is 0.695. The van der Waals surface area contributed by atoms with E-state index in [4.69, 9.17) is 0 Å². The zero-order chi connectivity index (χ0) is 18.7. The molecule has 0 radical (unpaired) electrons. The molecule has 0 spiro atoms. The third-order valence-electron chi connectivity index (χ3n) is 4.16. The highest BCUT2D eigenvalue weighted by atomic mass is 32.2. The standard InChI is InChI=1S/C18H20N4O3S/c1-3-22(4-2)26(24,25)16-8-5-13(6-9-16)18(23)20-15-7-10-17-14(11-15)12-19-21-17/h5-12H,3-4H2,1-2H3,(H,19,21)(H,20,23). The minimum Gasteiger partial charge on any atom is -0.322 e. The van der Waals surface area contributed by atoms with Crippen LogP contribution in [-0.4, -0.2) is 41.9 Å². The molecule has 3 rings (SSSR count). The molecular weight excluding hydrogens is 352 g/mol. The summed E-state index contributed by atoms with van der Waals surface area (Å²) in [6.07, 6.45) is 1.68. The number of aromatic amines is 1. The molecule has 2 N–H and O–H groups in total. The van der Waals surface area contributed by atoms with Gasteiger partial charge in [-0.1, -0.05) is 13.8 Å². The summed E-state index contributed by atoms with van der Waals surface area (Å²) in [4.78, 5) is 12.6. The highest BCUT2D eigenvalue weighted by Gasteiger charge is 2.21. The number of carbonyl (C=O) groups excluding carboxylic acids is 1. The fraction of sp³-hybridized carbons (Fsp3) is 0.222. The molecule has 0 saturated carbocycles. The number of aromatic nitrogens is 2. The first-order chi connectivity index (χ1) is 12.5. The Hall–Kier alpha value is -2.71. The number of nitrogens with one attached hydrogen (secondary N) is 2. The number of fused-ring (bicyclic) bond motifs is 1. The number of sulfonamides is 1. The number of benzene rings is 2. The largest absolute Gasteiger partial charge is 0.322 e. The van der Waals surface area contributed by atoms with E-state index in [9.17, 15) is 13.2 Å². The van der Waals surface area contributed by atoms with Crippen molar-refractivity contribution in [3.8, 4) is 0 Å². The monoisotopic (exact) mass is 372 g/mol. The Morgan fingerprint density at radius 2 is 1.81 bits per heavy atom. The minimum atomic E-state index is -3.53. The van der Waals surface area contributed by atoms with Crippen LogP contribution in [0.5, 0.6) is 0 Å². The molecule has 0 unspecified atom stereocenters. The molecule has 0 saturated heterocycles. The maximum atomic E-state index is 12.5. The van der Waals surface area contributed by atoms with Crippen molar-refractivity contribution < 1.29 is 13.2 Å². The predicted molar refractivity (Wildman–Crippen MR) is 101 cm³/mol. The summed E-state index contributed by atoms with van der Waals surface area (Å²) in [5.74, 6) is -0.306. The maximum absolute atomic E-state index is 12.5. The Morgan fingerprint density at radius 3 is 2.46 bits per heavy atom. The second-order valence-electron chi connectivity index (χ2n) is 5.74. The van der Waals surface area contributed by atoms with Crippen LogP contribution in [0.2, 0.25) is 0 Å². The SMILES string of the molecule is CCN(CC)S(=O)(=O)c1ccc(C(=O)Nc2ccc3[nH]ncc3c2)cc1. The van der Waals surface area contributed by atoms with Crippen molar-refractivity contribution in [2.24, 2.45) is 0 Å². The van der Waals surface area contributed by atoms with Gasteiger partial charge in [0.2, 0.25) is 10.0 Å². The Morgan fingerprint density at radius 1 is 1.12 bits per heavy atom. The van der Waals surface area contributed by atoms with Crippen molar-refractivity contribution in [2.45, 2.75) is 18.7 Å². The third kappa shape index (κ3) is 3.47. The fourth-order valence-electron chi connectivity index (χ4n) is 2.71. The van der Waals surface area contributed by atoms with E-state index < -0.39 is 10.0 Å². The molecule has 1 amide bonds. The predicted octanol–water partition coefficient (Wildman–Crippen LogP) is 2.85. The Balaban J connectivity index is 1.78. The van der Waals surface area contributed by atoms with Gasteiger partial charge in [-0.05, 0) is 42.5 Å². The number of carbonyl (C=O) groups is 1. The van der Waals surface area contributed by atoms with Crippen LogP contribution in [0.25, 0.3) is 10.9 Å². The molecule has 0 aliphatic rings. The summed E-state index contributed by atoms with van der Waals surface area (Å²) in [7, 11) is -3.53. The van der Waals surface area contributed by atoms with Crippen molar-refractivity contribution in [3.05, 3.63) is 54.2 Å². The minimum absolute atomic E-state index is 0.178. The second-order valence-corrected chi connectivity index (χ2v) is 7.68. The molecule has 7 nitrogen and oxygen atoms in total. The van der Waals surface area contributed by atoms with Gasteiger partial charge in [0.15, 0.2) is 0 Å². The Labute approximate surface area is 152 Å². The van der Waals surface area contributed by atoms with E-state index in [2.05, 4.69) is 15.5 Å². The molecule has 136 valence electrons. The fourth-order valence-corrected chi connectivity index (χ4v) is 4.17. The van der Waals surface area contributed by atoms with Gasteiger partial charge in [0, 0.05) is 29.7 Å². The first-order valence-electron chi connectivity index (χ1n) is 8.30. The number of anilines is 1. The lowest BCUT2D eigenvalue weighted by molar-refractivity contribution is 0.102. The third-order valence-corrected chi connectivity index (χ3v) is 6.22. The van der Waals surface area contributed by atoms with Crippen molar-refractivity contribution >= 4 is 32.5 Å². The number of hydrogen-bond acceptors (Lipinski definition) is 4. The zero-order valence-electron chi connectivity index (χ0n) is 14.6. The number of rotatable bonds is 6. The van der Waals surface area contributed by atoms with E-state index in [1.54, 1.807) is 26.1 Å². The van der Waals surface area contributed by atoms with Crippen LogP contribution in [0.4, 0.5) is 5.69 Å². The van der Waals surface area contributed by atoms with Gasteiger partial charge in [0.1, 0.15) is 0 Å². The van der Waals surface area contributed by atoms with Crippen molar-refractivity contribution in [2.75, 3.05) is 18.4 Å². The van der Waals surface area contributed by atoms with Crippen LogP contribution in [0, 0.1) is 0 Å². The van der Waals surface area contributed by atoms with Crippen LogP contribution in [0.1, 0.15) is 24.2 Å². The summed E-state index contributed by atoms with van der Waals surface area (Å²) in [5, 5.41) is 10.5. The van der Waals surface area contributed by atoms with Gasteiger partial charge in [0.25, 0.3) is 5.91 Å². The molecule has 0 aliphatic heterocycles. The van der Waals surface area contributed by atoms with Crippen molar-refractivity contribution in [1.29, 1.82) is 0 Å². The summed E-state index contributed by atoms with van der Waals surface area (Å²) >= 11 is 0. The van der Waals surface area contributed by atoms with Crippen LogP contribution >= 0.6 is 0 Å². The second kappa shape index (κ2) is 7.27. The lowest BCUT2D eigenvalue weighted by Crippen LogP contribution is -2.30. The zero-order valence-corrected chi connectivity index (χ0v) is 15.4. The smallest absolute Gasteiger partial charge is 0.255 e. The molecule has 0 fully saturated rings. The lowest BCUT2D eigenvalue weighted by Gasteiger charge is -2.18. The number of nitrogens with zero attached hydrogens (tertiary/aromatic N) is 2. The first-order valence-corrected chi connectivity index (χ1v) is 9.74. The average Bonchev–Trinajstić information content (AvgIpc) is 3.10. The number of H-pyrrole nitrogens is 1. The van der Waals surface area contributed by atoms with Crippen LogP contribution in [0.3, 0.4) is 0 Å². The molecule has 0 aliphatic carbocycles. The van der Waals surface area contributed by atoms with Gasteiger partial charge in [-0.3, -0.25) is 9.89 Å². The molecule has 0 bridgehead atoms. The molecule has 3 aromatic rings. The van der Waals surface area contributed by atoms with Gasteiger partial charge in [-0.2, -0.15) is 9.40 Å². The van der Waals surface area contributed by atoms with Gasteiger partial charge in [-0.25, -0.2) is 8.42 Å². The van der Waals surface area contributed by atoms with E-state index in [0.29, 0.717) is 24.3 Å². The lowest BCUT2D eigenvalue weighted by atomic mass is 10.2. The molecule has 8 heteroatoms. The molecule has 0 atom stereocenters.